The van der Waals surface area contributed by atoms with Crippen molar-refractivity contribution in [3.05, 3.63) is 83.4 Å². The molecule has 0 atom stereocenters. The van der Waals surface area contributed by atoms with E-state index in [4.69, 9.17) is 4.74 Å². The van der Waals surface area contributed by atoms with Gasteiger partial charge in [0.2, 0.25) is 5.91 Å². The lowest BCUT2D eigenvalue weighted by molar-refractivity contribution is -0.114. The number of nitrogens with zero attached hydrogens (tertiary/aromatic N) is 1. The Kier molecular flexibility index (Phi) is 7.20. The van der Waals surface area contributed by atoms with Gasteiger partial charge in [-0.05, 0) is 67.3 Å². The van der Waals surface area contributed by atoms with Gasteiger partial charge in [-0.15, -0.1) is 0 Å². The average Bonchev–Trinajstić information content (AvgIpc) is 2.79. The number of carbonyl (C=O) groups excluding carboxylic acids is 1. The van der Waals surface area contributed by atoms with Gasteiger partial charge in [-0.1, -0.05) is 43.3 Å². The van der Waals surface area contributed by atoms with Gasteiger partial charge < -0.3 is 10.1 Å². The minimum Gasteiger partial charge on any atom is -0.496 e. The minimum absolute atomic E-state index is 0.0950. The number of rotatable bonds is 8. The molecule has 3 aromatic carbocycles. The van der Waals surface area contributed by atoms with E-state index in [9.17, 15) is 13.2 Å². The molecular weight excluding hydrogens is 424 g/mol. The van der Waals surface area contributed by atoms with Crippen LogP contribution in [0.3, 0.4) is 0 Å². The number of hydrogen-bond acceptors (Lipinski definition) is 4. The third kappa shape index (κ3) is 4.94. The summed E-state index contributed by atoms with van der Waals surface area (Å²) in [6, 6.07) is 19.1. The summed E-state index contributed by atoms with van der Waals surface area (Å²) in [4.78, 5) is 13.1. The van der Waals surface area contributed by atoms with Crippen molar-refractivity contribution >= 4 is 27.3 Å². The van der Waals surface area contributed by atoms with Crippen LogP contribution in [-0.2, 0) is 21.2 Å². The highest BCUT2D eigenvalue weighted by molar-refractivity contribution is 7.92. The Morgan fingerprint density at radius 3 is 2.31 bits per heavy atom. The quantitative estimate of drug-likeness (QED) is 0.537. The van der Waals surface area contributed by atoms with E-state index in [1.165, 1.54) is 13.2 Å². The first kappa shape index (κ1) is 23.3. The first-order valence-corrected chi connectivity index (χ1v) is 11.8. The largest absolute Gasteiger partial charge is 0.496 e. The van der Waals surface area contributed by atoms with Crippen LogP contribution in [0.1, 0.15) is 23.6 Å². The van der Waals surface area contributed by atoms with E-state index < -0.39 is 15.9 Å². The van der Waals surface area contributed by atoms with Crippen LogP contribution < -0.4 is 14.4 Å². The topological polar surface area (TPSA) is 75.7 Å². The van der Waals surface area contributed by atoms with Gasteiger partial charge in [0, 0.05) is 5.69 Å². The normalized spacial score (nSPS) is 11.1. The van der Waals surface area contributed by atoms with Crippen molar-refractivity contribution in [2.75, 3.05) is 23.3 Å². The van der Waals surface area contributed by atoms with Crippen LogP contribution in [0.15, 0.2) is 71.6 Å². The number of hydrogen-bond donors (Lipinski definition) is 1. The second-order valence-electron chi connectivity index (χ2n) is 7.49. The number of aryl methyl sites for hydroxylation is 3. The zero-order valence-electron chi connectivity index (χ0n) is 18.8. The van der Waals surface area contributed by atoms with Gasteiger partial charge in [0.1, 0.15) is 12.3 Å². The molecule has 0 heterocycles. The van der Waals surface area contributed by atoms with E-state index >= 15 is 0 Å². The predicted octanol–water partition coefficient (Wildman–Crippen LogP) is 4.71. The zero-order valence-corrected chi connectivity index (χ0v) is 19.6. The molecule has 0 saturated carbocycles. The summed E-state index contributed by atoms with van der Waals surface area (Å²) in [5.74, 6) is 0.186. The maximum atomic E-state index is 13.6. The third-order valence-corrected chi connectivity index (χ3v) is 7.06. The molecule has 1 N–H and O–H groups in total. The second-order valence-corrected chi connectivity index (χ2v) is 9.35. The van der Waals surface area contributed by atoms with Gasteiger partial charge in [-0.25, -0.2) is 8.42 Å². The van der Waals surface area contributed by atoms with E-state index in [-0.39, 0.29) is 11.4 Å². The van der Waals surface area contributed by atoms with Crippen LogP contribution in [0.4, 0.5) is 11.4 Å². The zero-order chi connectivity index (χ0) is 23.3. The molecule has 0 saturated heterocycles. The molecule has 0 aliphatic heterocycles. The molecule has 0 unspecified atom stereocenters. The summed E-state index contributed by atoms with van der Waals surface area (Å²) >= 11 is 0. The Bertz CT molecular complexity index is 1210. The van der Waals surface area contributed by atoms with E-state index in [2.05, 4.69) is 5.32 Å². The molecule has 0 aliphatic rings. The summed E-state index contributed by atoms with van der Waals surface area (Å²) in [6.45, 7) is 5.36. The van der Waals surface area contributed by atoms with Crippen LogP contribution in [0.2, 0.25) is 0 Å². The fraction of sp³-hybridized carbons (Fsp3) is 0.240. The molecular formula is C25H28N2O4S. The Morgan fingerprint density at radius 2 is 1.69 bits per heavy atom. The van der Waals surface area contributed by atoms with Gasteiger partial charge in [-0.2, -0.15) is 0 Å². The highest BCUT2D eigenvalue weighted by atomic mass is 32.2. The highest BCUT2D eigenvalue weighted by Gasteiger charge is 2.28. The van der Waals surface area contributed by atoms with Crippen molar-refractivity contribution in [2.45, 2.75) is 32.1 Å². The Morgan fingerprint density at radius 1 is 0.969 bits per heavy atom. The minimum atomic E-state index is -4.00. The molecule has 0 aromatic heterocycles. The Labute approximate surface area is 189 Å². The number of amides is 1. The molecule has 0 bridgehead atoms. The maximum Gasteiger partial charge on any atom is 0.264 e. The molecule has 3 rings (SSSR count). The monoisotopic (exact) mass is 452 g/mol. The molecule has 0 aliphatic carbocycles. The number of sulfonamides is 1. The average molecular weight is 453 g/mol. The molecule has 6 nitrogen and oxygen atoms in total. The summed E-state index contributed by atoms with van der Waals surface area (Å²) in [6.07, 6.45) is 0.753. The summed E-state index contributed by atoms with van der Waals surface area (Å²) in [7, 11) is -2.46. The molecule has 0 radical (unpaired) electrons. The first-order valence-electron chi connectivity index (χ1n) is 10.4. The van der Waals surface area contributed by atoms with Crippen molar-refractivity contribution in [2.24, 2.45) is 0 Å². The number of para-hydroxylation sites is 2. The van der Waals surface area contributed by atoms with Crippen molar-refractivity contribution in [1.29, 1.82) is 0 Å². The van der Waals surface area contributed by atoms with Crippen LogP contribution in [0.25, 0.3) is 0 Å². The first-order chi connectivity index (χ1) is 15.3. The standard InChI is InChI=1S/C25H28N2O4S/c1-5-20-11-9-10-18(2)25(20)26-24(28)17-27(21-12-7-6-8-13-21)32(29,30)22-14-15-23(31-4)19(3)16-22/h6-16H,5,17H2,1-4H3,(H,26,28). The molecule has 7 heteroatoms. The highest BCUT2D eigenvalue weighted by Crippen LogP contribution is 2.28. The number of benzene rings is 3. The van der Waals surface area contributed by atoms with E-state index in [1.807, 2.05) is 32.0 Å². The van der Waals surface area contributed by atoms with Gasteiger partial charge in [-0.3, -0.25) is 9.10 Å². The van der Waals surface area contributed by atoms with Gasteiger partial charge in [0.15, 0.2) is 0 Å². The molecule has 32 heavy (non-hydrogen) atoms. The van der Waals surface area contributed by atoms with Crippen molar-refractivity contribution in [3.63, 3.8) is 0 Å². The van der Waals surface area contributed by atoms with E-state index in [0.717, 1.165) is 27.5 Å². The number of carbonyl (C=O) groups is 1. The van der Waals surface area contributed by atoms with Gasteiger partial charge in [0.05, 0.1) is 17.7 Å². The Balaban J connectivity index is 1.97. The smallest absolute Gasteiger partial charge is 0.264 e. The van der Waals surface area contributed by atoms with Crippen LogP contribution in [0.5, 0.6) is 5.75 Å². The lowest BCUT2D eigenvalue weighted by Crippen LogP contribution is -2.38. The fourth-order valence-corrected chi connectivity index (χ4v) is 5.07. The second kappa shape index (κ2) is 9.87. The summed E-state index contributed by atoms with van der Waals surface area (Å²) in [5.41, 5.74) is 3.76. The number of ether oxygens (including phenoxy) is 1. The van der Waals surface area contributed by atoms with Crippen molar-refractivity contribution in [3.8, 4) is 5.75 Å². The molecule has 3 aromatic rings. The van der Waals surface area contributed by atoms with Gasteiger partial charge >= 0.3 is 0 Å². The van der Waals surface area contributed by atoms with E-state index in [0.29, 0.717) is 17.0 Å². The fourth-order valence-electron chi connectivity index (χ4n) is 3.56. The Hall–Kier alpha value is -3.32. The lowest BCUT2D eigenvalue weighted by atomic mass is 10.1. The van der Waals surface area contributed by atoms with Crippen molar-refractivity contribution in [1.82, 2.24) is 0 Å². The summed E-state index contributed by atoms with van der Waals surface area (Å²) < 4.78 is 33.5. The number of anilines is 2. The third-order valence-electron chi connectivity index (χ3n) is 5.29. The number of nitrogens with one attached hydrogen (secondary N) is 1. The maximum absolute atomic E-state index is 13.6. The van der Waals surface area contributed by atoms with Crippen LogP contribution in [0, 0.1) is 13.8 Å². The molecule has 0 fully saturated rings. The van der Waals surface area contributed by atoms with Crippen molar-refractivity contribution < 1.29 is 17.9 Å². The molecule has 1 amide bonds. The summed E-state index contributed by atoms with van der Waals surface area (Å²) in [5, 5.41) is 2.92. The molecule has 0 spiro atoms. The van der Waals surface area contributed by atoms with Crippen LogP contribution in [-0.4, -0.2) is 28.0 Å². The number of methoxy groups -OCH3 is 1. The van der Waals surface area contributed by atoms with Crippen LogP contribution >= 0.6 is 0 Å². The SMILES string of the molecule is CCc1cccc(C)c1NC(=O)CN(c1ccccc1)S(=O)(=O)c1ccc(OC)c(C)c1. The molecule has 168 valence electrons. The van der Waals surface area contributed by atoms with Gasteiger partial charge in [0.25, 0.3) is 10.0 Å². The lowest BCUT2D eigenvalue weighted by Gasteiger charge is -2.25. The van der Waals surface area contributed by atoms with E-state index in [1.54, 1.807) is 49.4 Å². The predicted molar refractivity (Wildman–Crippen MR) is 128 cm³/mol.